The highest BCUT2D eigenvalue weighted by molar-refractivity contribution is 7.88. The average molecular weight is 343 g/mol. The van der Waals surface area contributed by atoms with Crippen molar-refractivity contribution >= 4 is 15.9 Å². The first-order valence-electron chi connectivity index (χ1n) is 7.49. The number of benzene rings is 1. The third-order valence-electron chi connectivity index (χ3n) is 3.99. The second-order valence-corrected chi connectivity index (χ2v) is 7.65. The maximum atomic E-state index is 13.7. The summed E-state index contributed by atoms with van der Waals surface area (Å²) in [7, 11) is -3.20. The molecule has 1 saturated heterocycles. The first kappa shape index (κ1) is 17.8. The Morgan fingerprint density at radius 3 is 2.43 bits per heavy atom. The van der Waals surface area contributed by atoms with Crippen molar-refractivity contribution in [2.24, 2.45) is 0 Å². The van der Waals surface area contributed by atoms with Crippen molar-refractivity contribution in [3.05, 3.63) is 35.6 Å². The van der Waals surface area contributed by atoms with Gasteiger partial charge >= 0.3 is 0 Å². The molecule has 128 valence electrons. The minimum atomic E-state index is -3.20. The van der Waals surface area contributed by atoms with E-state index in [1.165, 1.54) is 16.6 Å². The van der Waals surface area contributed by atoms with Crippen LogP contribution in [0.25, 0.3) is 0 Å². The molecular weight excluding hydrogens is 321 g/mol. The van der Waals surface area contributed by atoms with E-state index < -0.39 is 10.0 Å². The van der Waals surface area contributed by atoms with Crippen molar-refractivity contribution in [1.29, 1.82) is 0 Å². The lowest BCUT2D eigenvalue weighted by Gasteiger charge is -2.33. The molecule has 0 radical (unpaired) electrons. The van der Waals surface area contributed by atoms with Gasteiger partial charge in [0.2, 0.25) is 15.9 Å². The first-order valence-corrected chi connectivity index (χ1v) is 9.34. The van der Waals surface area contributed by atoms with Crippen LogP contribution in [0.4, 0.5) is 4.39 Å². The van der Waals surface area contributed by atoms with Gasteiger partial charge in [-0.3, -0.25) is 4.79 Å². The maximum Gasteiger partial charge on any atom is 0.236 e. The van der Waals surface area contributed by atoms with Crippen LogP contribution < -0.4 is 5.32 Å². The molecule has 1 fully saturated rings. The van der Waals surface area contributed by atoms with Crippen molar-refractivity contribution in [1.82, 2.24) is 14.5 Å². The quantitative estimate of drug-likeness (QED) is 0.849. The van der Waals surface area contributed by atoms with Crippen molar-refractivity contribution in [3.63, 3.8) is 0 Å². The molecule has 1 aromatic carbocycles. The Balaban J connectivity index is 1.83. The van der Waals surface area contributed by atoms with Crippen molar-refractivity contribution in [2.45, 2.75) is 13.0 Å². The Kier molecular flexibility index (Phi) is 5.72. The second kappa shape index (κ2) is 7.37. The number of nitrogens with zero attached hydrogens (tertiary/aromatic N) is 2. The molecule has 0 aliphatic carbocycles. The summed E-state index contributed by atoms with van der Waals surface area (Å²) in [5.74, 6) is -0.414. The van der Waals surface area contributed by atoms with E-state index in [0.717, 1.165) is 0 Å². The van der Waals surface area contributed by atoms with Crippen LogP contribution in [0.1, 0.15) is 18.5 Å². The number of halogens is 1. The van der Waals surface area contributed by atoms with Crippen LogP contribution in [-0.4, -0.2) is 62.5 Å². The number of sulfonamides is 1. The van der Waals surface area contributed by atoms with Crippen molar-refractivity contribution < 1.29 is 17.6 Å². The highest BCUT2D eigenvalue weighted by atomic mass is 32.2. The third kappa shape index (κ3) is 4.73. The van der Waals surface area contributed by atoms with Crippen LogP contribution in [-0.2, 0) is 14.8 Å². The van der Waals surface area contributed by atoms with E-state index in [9.17, 15) is 17.6 Å². The predicted molar refractivity (Wildman–Crippen MR) is 85.8 cm³/mol. The van der Waals surface area contributed by atoms with E-state index in [1.54, 1.807) is 30.0 Å². The van der Waals surface area contributed by atoms with E-state index in [1.807, 2.05) is 0 Å². The van der Waals surface area contributed by atoms with Gasteiger partial charge in [-0.15, -0.1) is 0 Å². The molecule has 1 heterocycles. The predicted octanol–water partition coefficient (Wildman–Crippen LogP) is 0.580. The number of carbonyl (C=O) groups excluding carboxylic acids is 1. The molecule has 1 aliphatic rings. The van der Waals surface area contributed by atoms with Gasteiger partial charge in [0.1, 0.15) is 5.82 Å². The smallest absolute Gasteiger partial charge is 0.236 e. The lowest BCUT2D eigenvalue weighted by molar-refractivity contribution is -0.131. The molecule has 1 atom stereocenters. The van der Waals surface area contributed by atoms with Crippen LogP contribution in [0.15, 0.2) is 24.3 Å². The highest BCUT2D eigenvalue weighted by Crippen LogP contribution is 2.15. The van der Waals surface area contributed by atoms with Gasteiger partial charge < -0.3 is 10.2 Å². The molecule has 0 spiro atoms. The summed E-state index contributed by atoms with van der Waals surface area (Å²) in [6.45, 7) is 3.27. The van der Waals surface area contributed by atoms with E-state index >= 15 is 0 Å². The molecule has 1 aliphatic heterocycles. The summed E-state index contributed by atoms with van der Waals surface area (Å²) < 4.78 is 37.9. The molecule has 8 heteroatoms. The van der Waals surface area contributed by atoms with Crippen LogP contribution in [0, 0.1) is 5.82 Å². The number of nitrogens with one attached hydrogen (secondary N) is 1. The van der Waals surface area contributed by atoms with Gasteiger partial charge in [0.05, 0.1) is 12.8 Å². The number of piperazine rings is 1. The van der Waals surface area contributed by atoms with Crippen molar-refractivity contribution in [3.8, 4) is 0 Å². The van der Waals surface area contributed by atoms with Gasteiger partial charge in [-0.2, -0.15) is 4.31 Å². The summed E-state index contributed by atoms with van der Waals surface area (Å²) in [4.78, 5) is 13.8. The third-order valence-corrected chi connectivity index (χ3v) is 5.29. The minimum absolute atomic E-state index is 0.0916. The zero-order chi connectivity index (χ0) is 17.0. The minimum Gasteiger partial charge on any atom is -0.339 e. The molecule has 0 bridgehead atoms. The molecule has 1 N–H and O–H groups in total. The summed E-state index contributed by atoms with van der Waals surface area (Å²) in [6, 6.07) is 6.17. The number of carbonyl (C=O) groups is 1. The summed E-state index contributed by atoms with van der Waals surface area (Å²) in [5, 5.41) is 3.02. The molecule has 6 nitrogen and oxygen atoms in total. The van der Waals surface area contributed by atoms with E-state index in [-0.39, 0.29) is 24.3 Å². The summed E-state index contributed by atoms with van der Waals surface area (Å²) in [6.07, 6.45) is 1.17. The fraction of sp³-hybridized carbons (Fsp3) is 0.533. The van der Waals surface area contributed by atoms with Gasteiger partial charge in [-0.25, -0.2) is 12.8 Å². The Bertz CT molecular complexity index is 658. The van der Waals surface area contributed by atoms with Crippen molar-refractivity contribution in [2.75, 3.05) is 39.0 Å². The standard InChI is InChI=1S/C15H22FN3O3S/c1-12(13-5-3-4-6-14(13)16)17-11-15(20)18-7-9-19(10-8-18)23(2,21)22/h3-6,12,17H,7-11H2,1-2H3. The van der Waals surface area contributed by atoms with Gasteiger partial charge in [-0.1, -0.05) is 18.2 Å². The number of amides is 1. The fourth-order valence-electron chi connectivity index (χ4n) is 2.56. The van der Waals surface area contributed by atoms with Gasteiger partial charge in [-0.05, 0) is 13.0 Å². The maximum absolute atomic E-state index is 13.7. The van der Waals surface area contributed by atoms with Gasteiger partial charge in [0.25, 0.3) is 0 Å². The Morgan fingerprint density at radius 1 is 1.26 bits per heavy atom. The lowest BCUT2D eigenvalue weighted by Crippen LogP contribution is -2.52. The second-order valence-electron chi connectivity index (χ2n) is 5.67. The summed E-state index contributed by atoms with van der Waals surface area (Å²) in [5.41, 5.74) is 0.516. The molecule has 0 saturated carbocycles. The number of rotatable bonds is 5. The molecule has 1 aromatic rings. The zero-order valence-corrected chi connectivity index (χ0v) is 14.1. The van der Waals surface area contributed by atoms with Crippen LogP contribution in [0.2, 0.25) is 0 Å². The van der Waals surface area contributed by atoms with Gasteiger partial charge in [0, 0.05) is 37.8 Å². The van der Waals surface area contributed by atoms with E-state index in [4.69, 9.17) is 0 Å². The summed E-state index contributed by atoms with van der Waals surface area (Å²) >= 11 is 0. The monoisotopic (exact) mass is 343 g/mol. The molecule has 1 unspecified atom stereocenters. The largest absolute Gasteiger partial charge is 0.339 e. The average Bonchev–Trinajstić information content (AvgIpc) is 2.52. The SMILES string of the molecule is CC(NCC(=O)N1CCN(S(C)(=O)=O)CC1)c1ccccc1F. The Hall–Kier alpha value is -1.51. The number of hydrogen-bond acceptors (Lipinski definition) is 4. The fourth-order valence-corrected chi connectivity index (χ4v) is 3.38. The van der Waals surface area contributed by atoms with Crippen LogP contribution in [0.5, 0.6) is 0 Å². The van der Waals surface area contributed by atoms with E-state index in [2.05, 4.69) is 5.32 Å². The lowest BCUT2D eigenvalue weighted by atomic mass is 10.1. The molecule has 2 rings (SSSR count). The van der Waals surface area contributed by atoms with Gasteiger partial charge in [0.15, 0.2) is 0 Å². The molecule has 23 heavy (non-hydrogen) atoms. The van der Waals surface area contributed by atoms with Crippen LogP contribution >= 0.6 is 0 Å². The Morgan fingerprint density at radius 2 is 1.87 bits per heavy atom. The molecular formula is C15H22FN3O3S. The topological polar surface area (TPSA) is 69.7 Å². The van der Waals surface area contributed by atoms with E-state index in [0.29, 0.717) is 31.7 Å². The molecule has 1 amide bonds. The first-order chi connectivity index (χ1) is 10.8. The highest BCUT2D eigenvalue weighted by Gasteiger charge is 2.26. The number of hydrogen-bond donors (Lipinski definition) is 1. The van der Waals surface area contributed by atoms with Crippen LogP contribution in [0.3, 0.4) is 0 Å². The Labute approximate surface area is 136 Å². The molecule has 0 aromatic heterocycles. The normalized spacial score (nSPS) is 18.0. The zero-order valence-electron chi connectivity index (χ0n) is 13.3.